The lowest BCUT2D eigenvalue weighted by Crippen LogP contribution is -2.31. The van der Waals surface area contributed by atoms with Gasteiger partial charge in [0.25, 0.3) is 5.69 Å². The molecule has 2 rings (SSSR count). The van der Waals surface area contributed by atoms with Crippen molar-refractivity contribution in [3.05, 3.63) is 40.7 Å². The Morgan fingerprint density at radius 1 is 1.33 bits per heavy atom. The largest absolute Gasteiger partial charge is 0.383 e. The maximum Gasteiger partial charge on any atom is 0.278 e. The van der Waals surface area contributed by atoms with Crippen LogP contribution in [0.3, 0.4) is 0 Å². The van der Waals surface area contributed by atoms with E-state index in [1.807, 2.05) is 0 Å². The number of nitro groups is 1. The number of fused-ring (bicyclic) bond motifs is 1. The van der Waals surface area contributed by atoms with E-state index in [2.05, 4.69) is 36.1 Å². The Labute approximate surface area is 123 Å². The second kappa shape index (κ2) is 6.49. The maximum atomic E-state index is 11.1. The molecule has 0 fully saturated rings. The third-order valence-corrected chi connectivity index (χ3v) is 3.65. The lowest BCUT2D eigenvalue weighted by atomic mass is 10.1. The number of pyridine rings is 1. The summed E-state index contributed by atoms with van der Waals surface area (Å²) in [4.78, 5) is 16.9. The van der Waals surface area contributed by atoms with E-state index in [0.717, 1.165) is 24.2 Å². The summed E-state index contributed by atoms with van der Waals surface area (Å²) in [5, 5.41) is 15.8. The minimum Gasteiger partial charge on any atom is -0.383 e. The average molecular weight is 288 g/mol. The summed E-state index contributed by atoms with van der Waals surface area (Å²) < 4.78 is 0. The van der Waals surface area contributed by atoms with Crippen molar-refractivity contribution < 1.29 is 4.92 Å². The SMILES string of the molecule is CC(C)N(C)CCNc1ccc([N+](=O)[O-])c2cnccc12. The van der Waals surface area contributed by atoms with Gasteiger partial charge in [0.2, 0.25) is 0 Å². The number of hydrogen-bond donors (Lipinski definition) is 1. The highest BCUT2D eigenvalue weighted by Gasteiger charge is 2.14. The zero-order valence-electron chi connectivity index (χ0n) is 12.5. The van der Waals surface area contributed by atoms with E-state index in [-0.39, 0.29) is 10.6 Å². The molecule has 2 aromatic rings. The molecule has 1 aromatic heterocycles. The van der Waals surface area contributed by atoms with Gasteiger partial charge < -0.3 is 10.2 Å². The van der Waals surface area contributed by atoms with Crippen LogP contribution in [0, 0.1) is 10.1 Å². The molecule has 0 radical (unpaired) electrons. The smallest absolute Gasteiger partial charge is 0.278 e. The van der Waals surface area contributed by atoms with Crippen LogP contribution in [0.25, 0.3) is 10.8 Å². The maximum absolute atomic E-state index is 11.1. The molecule has 21 heavy (non-hydrogen) atoms. The Hall–Kier alpha value is -2.21. The van der Waals surface area contributed by atoms with E-state index in [4.69, 9.17) is 0 Å². The standard InChI is InChI=1S/C15H20N4O2/c1-11(2)18(3)9-8-17-14-4-5-15(19(20)21)13-10-16-7-6-12(13)14/h4-7,10-11,17H,8-9H2,1-3H3. The lowest BCUT2D eigenvalue weighted by Gasteiger charge is -2.21. The number of likely N-dealkylation sites (N-methyl/N-ethyl adjacent to an activating group) is 1. The molecular formula is C15H20N4O2. The minimum atomic E-state index is -0.375. The number of benzene rings is 1. The number of anilines is 1. The summed E-state index contributed by atoms with van der Waals surface area (Å²) in [5.41, 5.74) is 0.984. The Morgan fingerprint density at radius 2 is 2.10 bits per heavy atom. The summed E-state index contributed by atoms with van der Waals surface area (Å²) in [7, 11) is 2.07. The molecule has 0 aliphatic carbocycles. The predicted octanol–water partition coefficient (Wildman–Crippen LogP) is 2.90. The first-order chi connectivity index (χ1) is 10.0. The first-order valence-electron chi connectivity index (χ1n) is 6.96. The van der Waals surface area contributed by atoms with Crippen LogP contribution in [0.1, 0.15) is 13.8 Å². The molecule has 0 saturated heterocycles. The Balaban J connectivity index is 2.22. The molecule has 0 amide bonds. The molecule has 1 heterocycles. The van der Waals surface area contributed by atoms with Gasteiger partial charge in [0.05, 0.1) is 10.3 Å². The fourth-order valence-electron chi connectivity index (χ4n) is 2.11. The van der Waals surface area contributed by atoms with E-state index >= 15 is 0 Å². The first kappa shape index (κ1) is 15.2. The van der Waals surface area contributed by atoms with Gasteiger partial charge in [-0.25, -0.2) is 0 Å². The molecule has 6 heteroatoms. The summed E-state index contributed by atoms with van der Waals surface area (Å²) in [6.45, 7) is 5.98. The number of nitro benzene ring substituents is 1. The predicted molar refractivity (Wildman–Crippen MR) is 84.7 cm³/mol. The van der Waals surface area contributed by atoms with E-state index in [1.54, 1.807) is 24.5 Å². The van der Waals surface area contributed by atoms with E-state index in [0.29, 0.717) is 11.4 Å². The van der Waals surface area contributed by atoms with Crippen molar-refractivity contribution in [2.45, 2.75) is 19.9 Å². The highest BCUT2D eigenvalue weighted by Crippen LogP contribution is 2.30. The van der Waals surface area contributed by atoms with Crippen molar-refractivity contribution in [1.29, 1.82) is 0 Å². The van der Waals surface area contributed by atoms with Gasteiger partial charge in [0, 0.05) is 48.7 Å². The molecule has 1 N–H and O–H groups in total. The van der Waals surface area contributed by atoms with Gasteiger partial charge in [0.1, 0.15) is 0 Å². The lowest BCUT2D eigenvalue weighted by molar-refractivity contribution is -0.383. The fourth-order valence-corrected chi connectivity index (χ4v) is 2.11. The zero-order valence-corrected chi connectivity index (χ0v) is 12.5. The number of hydrogen-bond acceptors (Lipinski definition) is 5. The third kappa shape index (κ3) is 3.46. The van der Waals surface area contributed by atoms with Gasteiger partial charge in [-0.2, -0.15) is 0 Å². The minimum absolute atomic E-state index is 0.0861. The quantitative estimate of drug-likeness (QED) is 0.653. The number of nitrogens with one attached hydrogen (secondary N) is 1. The van der Waals surface area contributed by atoms with Crippen LogP contribution >= 0.6 is 0 Å². The Morgan fingerprint density at radius 3 is 2.76 bits per heavy atom. The molecule has 0 spiro atoms. The van der Waals surface area contributed by atoms with Gasteiger partial charge in [-0.15, -0.1) is 0 Å². The van der Waals surface area contributed by atoms with E-state index in [1.165, 1.54) is 6.07 Å². The Bertz CT molecular complexity index is 643. The van der Waals surface area contributed by atoms with Crippen molar-refractivity contribution in [2.75, 3.05) is 25.5 Å². The monoisotopic (exact) mass is 288 g/mol. The summed E-state index contributed by atoms with van der Waals surface area (Å²) in [5.74, 6) is 0. The molecule has 0 aliphatic rings. The van der Waals surface area contributed by atoms with Gasteiger partial charge in [-0.1, -0.05) is 0 Å². The topological polar surface area (TPSA) is 71.3 Å². The van der Waals surface area contributed by atoms with E-state index in [9.17, 15) is 10.1 Å². The summed E-state index contributed by atoms with van der Waals surface area (Å²) in [6.07, 6.45) is 3.19. The second-order valence-corrected chi connectivity index (χ2v) is 5.31. The molecule has 0 bridgehead atoms. The van der Waals surface area contributed by atoms with Gasteiger partial charge in [0.15, 0.2) is 0 Å². The molecule has 0 unspecified atom stereocenters. The molecule has 1 aromatic carbocycles. The molecule has 0 atom stereocenters. The number of rotatable bonds is 6. The van der Waals surface area contributed by atoms with Crippen molar-refractivity contribution >= 4 is 22.1 Å². The van der Waals surface area contributed by atoms with Crippen LogP contribution in [0.15, 0.2) is 30.6 Å². The van der Waals surface area contributed by atoms with Crippen molar-refractivity contribution in [3.8, 4) is 0 Å². The van der Waals surface area contributed by atoms with Crippen LogP contribution in [0.2, 0.25) is 0 Å². The van der Waals surface area contributed by atoms with Gasteiger partial charge in [-0.05, 0) is 33.0 Å². The molecule has 0 aliphatic heterocycles. The summed E-state index contributed by atoms with van der Waals surface area (Å²) in [6, 6.07) is 5.58. The third-order valence-electron chi connectivity index (χ3n) is 3.65. The number of non-ortho nitro benzene ring substituents is 1. The van der Waals surface area contributed by atoms with Gasteiger partial charge >= 0.3 is 0 Å². The van der Waals surface area contributed by atoms with Crippen LogP contribution in [0.5, 0.6) is 0 Å². The van der Waals surface area contributed by atoms with Crippen LogP contribution in [-0.4, -0.2) is 41.0 Å². The zero-order chi connectivity index (χ0) is 15.4. The highest BCUT2D eigenvalue weighted by molar-refractivity contribution is 5.99. The molecule has 6 nitrogen and oxygen atoms in total. The number of nitrogens with zero attached hydrogens (tertiary/aromatic N) is 3. The van der Waals surface area contributed by atoms with E-state index < -0.39 is 0 Å². The molecule has 112 valence electrons. The normalized spacial score (nSPS) is 11.3. The number of aromatic nitrogens is 1. The van der Waals surface area contributed by atoms with Crippen LogP contribution < -0.4 is 5.32 Å². The Kier molecular flexibility index (Phi) is 4.70. The van der Waals surface area contributed by atoms with Crippen molar-refractivity contribution in [2.24, 2.45) is 0 Å². The fraction of sp³-hybridized carbons (Fsp3) is 0.400. The first-order valence-corrected chi connectivity index (χ1v) is 6.96. The highest BCUT2D eigenvalue weighted by atomic mass is 16.6. The molecular weight excluding hydrogens is 268 g/mol. The average Bonchev–Trinajstić information content (AvgIpc) is 2.46. The van der Waals surface area contributed by atoms with Gasteiger partial charge in [-0.3, -0.25) is 15.1 Å². The molecule has 0 saturated carbocycles. The summed E-state index contributed by atoms with van der Waals surface area (Å²) >= 11 is 0. The van der Waals surface area contributed by atoms with Crippen molar-refractivity contribution in [3.63, 3.8) is 0 Å². The van der Waals surface area contributed by atoms with Crippen LogP contribution in [-0.2, 0) is 0 Å². The second-order valence-electron chi connectivity index (χ2n) is 5.31. The van der Waals surface area contributed by atoms with Crippen molar-refractivity contribution in [1.82, 2.24) is 9.88 Å². The van der Waals surface area contributed by atoms with Crippen LogP contribution in [0.4, 0.5) is 11.4 Å².